The third-order valence-corrected chi connectivity index (χ3v) is 6.13. The number of nitrogens with zero attached hydrogens (tertiary/aromatic N) is 1. The standard InChI is InChI=1S/C24H36ClN3O5/c1-23(2,3)19(29)21(31)28(11-7-8-18(28)20(26)30)14-16-12-17(25)10-9-15(16)13-27-22(32)33-24(4,5)6/h9-10,12,18-19,29H,7-8,11,13-14H2,1-6H3,(H2-,26,27,30,32)/p+1/t18-,19-,28?/m0/s1. The molecule has 1 aliphatic rings. The van der Waals surface area contributed by atoms with Crippen LogP contribution in [-0.2, 0) is 27.4 Å². The molecule has 184 valence electrons. The Morgan fingerprint density at radius 2 is 1.85 bits per heavy atom. The van der Waals surface area contributed by atoms with Crippen molar-refractivity contribution >= 4 is 29.5 Å². The van der Waals surface area contributed by atoms with E-state index in [1.165, 1.54) is 0 Å². The van der Waals surface area contributed by atoms with Crippen molar-refractivity contribution in [3.8, 4) is 0 Å². The van der Waals surface area contributed by atoms with Crippen LogP contribution in [0.15, 0.2) is 18.2 Å². The van der Waals surface area contributed by atoms with Crippen LogP contribution in [0.4, 0.5) is 4.79 Å². The number of alkyl carbamates (subject to hydrolysis) is 1. The molecule has 1 aliphatic heterocycles. The first kappa shape index (κ1) is 27.1. The number of ether oxygens (including phenoxy) is 1. The number of rotatable bonds is 6. The number of benzene rings is 1. The highest BCUT2D eigenvalue weighted by atomic mass is 35.5. The van der Waals surface area contributed by atoms with Crippen LogP contribution in [0.3, 0.4) is 0 Å². The van der Waals surface area contributed by atoms with Crippen molar-refractivity contribution in [2.24, 2.45) is 11.1 Å². The predicted octanol–water partition coefficient (Wildman–Crippen LogP) is 3.26. The Hall–Kier alpha value is -2.16. The van der Waals surface area contributed by atoms with Gasteiger partial charge in [0.05, 0.1) is 6.54 Å². The topological polar surface area (TPSA) is 119 Å². The summed E-state index contributed by atoms with van der Waals surface area (Å²) in [6, 6.07) is 4.44. The SMILES string of the molecule is CC(C)(C)OC(=O)NCc1ccc(Cl)cc1C[N+]1(C(=O)[C@H](O)C(C)(C)C)CCC[C@H]1C(N)=O. The Bertz CT molecular complexity index is 906. The Morgan fingerprint density at radius 3 is 2.39 bits per heavy atom. The van der Waals surface area contributed by atoms with Crippen LogP contribution in [0.2, 0.25) is 5.02 Å². The quantitative estimate of drug-likeness (QED) is 0.538. The van der Waals surface area contributed by atoms with Gasteiger partial charge in [-0.25, -0.2) is 14.1 Å². The van der Waals surface area contributed by atoms with Crippen LogP contribution in [0, 0.1) is 5.41 Å². The fraction of sp³-hybridized carbons (Fsp3) is 0.625. The Labute approximate surface area is 201 Å². The van der Waals surface area contributed by atoms with E-state index in [2.05, 4.69) is 5.32 Å². The van der Waals surface area contributed by atoms with Crippen LogP contribution >= 0.6 is 11.6 Å². The number of aliphatic hydroxyl groups excluding tert-OH is 1. The molecule has 0 saturated carbocycles. The third-order valence-electron chi connectivity index (χ3n) is 5.90. The second-order valence-corrected chi connectivity index (χ2v) is 11.3. The first-order valence-electron chi connectivity index (χ1n) is 11.2. The number of quaternary nitrogens is 1. The van der Waals surface area contributed by atoms with Gasteiger partial charge in [-0.3, -0.25) is 4.79 Å². The van der Waals surface area contributed by atoms with E-state index < -0.39 is 41.1 Å². The molecular formula is C24H37ClN3O5+. The van der Waals surface area contributed by atoms with E-state index in [0.29, 0.717) is 30.0 Å². The van der Waals surface area contributed by atoms with Crippen molar-refractivity contribution < 1.29 is 28.7 Å². The zero-order valence-electron chi connectivity index (χ0n) is 20.4. The molecule has 9 heteroatoms. The lowest BCUT2D eigenvalue weighted by atomic mass is 9.87. The molecule has 0 radical (unpaired) electrons. The second-order valence-electron chi connectivity index (χ2n) is 10.9. The number of hydrogen-bond acceptors (Lipinski definition) is 5. The molecule has 33 heavy (non-hydrogen) atoms. The van der Waals surface area contributed by atoms with E-state index >= 15 is 0 Å². The summed E-state index contributed by atoms with van der Waals surface area (Å²) >= 11 is 6.27. The molecule has 1 aromatic carbocycles. The van der Waals surface area contributed by atoms with Crippen molar-refractivity contribution in [2.45, 2.75) is 85.2 Å². The fourth-order valence-electron chi connectivity index (χ4n) is 4.20. The maximum Gasteiger partial charge on any atom is 0.407 e. The van der Waals surface area contributed by atoms with Crippen LogP contribution in [0.25, 0.3) is 0 Å². The van der Waals surface area contributed by atoms with Crippen molar-refractivity contribution in [2.75, 3.05) is 6.54 Å². The predicted molar refractivity (Wildman–Crippen MR) is 126 cm³/mol. The highest BCUT2D eigenvalue weighted by molar-refractivity contribution is 6.30. The normalized spacial score (nSPS) is 22.0. The zero-order valence-corrected chi connectivity index (χ0v) is 21.2. The zero-order chi connectivity index (χ0) is 25.2. The van der Waals surface area contributed by atoms with E-state index in [-0.39, 0.29) is 17.6 Å². The van der Waals surface area contributed by atoms with Crippen LogP contribution in [0.5, 0.6) is 0 Å². The van der Waals surface area contributed by atoms with E-state index in [1.807, 2.05) is 0 Å². The number of carbonyl (C=O) groups is 3. The molecule has 1 unspecified atom stereocenters. The second kappa shape index (κ2) is 9.99. The first-order chi connectivity index (χ1) is 15.1. The molecule has 0 bridgehead atoms. The summed E-state index contributed by atoms with van der Waals surface area (Å²) in [7, 11) is 0. The van der Waals surface area contributed by atoms with Gasteiger partial charge in [-0.1, -0.05) is 38.4 Å². The summed E-state index contributed by atoms with van der Waals surface area (Å²) in [6.07, 6.45) is -0.755. The van der Waals surface area contributed by atoms with E-state index in [0.717, 1.165) is 5.56 Å². The molecule has 0 aliphatic carbocycles. The highest BCUT2D eigenvalue weighted by Crippen LogP contribution is 2.35. The van der Waals surface area contributed by atoms with Crippen LogP contribution < -0.4 is 11.1 Å². The van der Waals surface area contributed by atoms with E-state index in [9.17, 15) is 19.5 Å². The molecule has 0 aromatic heterocycles. The molecule has 0 spiro atoms. The molecule has 1 aromatic rings. The van der Waals surface area contributed by atoms with Gasteiger partial charge in [-0.15, -0.1) is 0 Å². The lowest BCUT2D eigenvalue weighted by molar-refractivity contribution is -0.872. The van der Waals surface area contributed by atoms with E-state index in [1.54, 1.807) is 59.7 Å². The van der Waals surface area contributed by atoms with Gasteiger partial charge in [-0.05, 0) is 38.5 Å². The van der Waals surface area contributed by atoms with Gasteiger partial charge >= 0.3 is 12.0 Å². The maximum absolute atomic E-state index is 13.6. The Kier molecular flexibility index (Phi) is 8.20. The molecule has 1 fully saturated rings. The number of aliphatic hydroxyl groups is 1. The summed E-state index contributed by atoms with van der Waals surface area (Å²) in [5, 5.41) is 14.0. The van der Waals surface area contributed by atoms with Crippen LogP contribution in [-0.4, -0.2) is 51.8 Å². The monoisotopic (exact) mass is 482 g/mol. The Morgan fingerprint density at radius 1 is 1.21 bits per heavy atom. The lowest BCUT2D eigenvalue weighted by Crippen LogP contribution is -2.64. The number of primary amides is 1. The molecule has 2 rings (SSSR count). The number of hydrogen-bond donors (Lipinski definition) is 3. The number of likely N-dealkylation sites (tertiary alicyclic amines) is 1. The molecular weight excluding hydrogens is 446 g/mol. The molecule has 1 heterocycles. The average molecular weight is 483 g/mol. The minimum Gasteiger partial charge on any atom is -0.444 e. The molecule has 3 atom stereocenters. The number of nitrogens with one attached hydrogen (secondary N) is 1. The van der Waals surface area contributed by atoms with Gasteiger partial charge in [0.1, 0.15) is 12.1 Å². The van der Waals surface area contributed by atoms with Gasteiger partial charge in [0.25, 0.3) is 5.91 Å². The molecule has 1 saturated heterocycles. The van der Waals surface area contributed by atoms with Crippen LogP contribution in [0.1, 0.15) is 65.5 Å². The van der Waals surface area contributed by atoms with Gasteiger partial charge in [0, 0.05) is 35.4 Å². The van der Waals surface area contributed by atoms with Gasteiger partial charge in [-0.2, -0.15) is 0 Å². The largest absolute Gasteiger partial charge is 0.444 e. The Balaban J connectivity index is 2.42. The minimum atomic E-state index is -1.28. The molecule has 4 N–H and O–H groups in total. The smallest absolute Gasteiger partial charge is 0.407 e. The lowest BCUT2D eigenvalue weighted by Gasteiger charge is -2.40. The first-order valence-corrected chi connectivity index (χ1v) is 11.6. The summed E-state index contributed by atoms with van der Waals surface area (Å²) < 4.78 is 5.03. The molecule has 8 nitrogen and oxygen atoms in total. The van der Waals surface area contributed by atoms with Gasteiger partial charge in [0.2, 0.25) is 0 Å². The number of amides is 3. The van der Waals surface area contributed by atoms with Crippen molar-refractivity contribution in [1.29, 1.82) is 0 Å². The van der Waals surface area contributed by atoms with Crippen molar-refractivity contribution in [3.05, 3.63) is 34.3 Å². The highest BCUT2D eigenvalue weighted by Gasteiger charge is 2.55. The van der Waals surface area contributed by atoms with Crippen molar-refractivity contribution in [3.63, 3.8) is 0 Å². The van der Waals surface area contributed by atoms with Gasteiger partial charge in [0.15, 0.2) is 12.1 Å². The summed E-state index contributed by atoms with van der Waals surface area (Å²) in [6.45, 7) is 11.3. The summed E-state index contributed by atoms with van der Waals surface area (Å²) in [5.74, 6) is -1.01. The third kappa shape index (κ3) is 6.68. The summed E-state index contributed by atoms with van der Waals surface area (Å²) in [5.41, 5.74) is 5.80. The van der Waals surface area contributed by atoms with Gasteiger partial charge < -0.3 is 20.9 Å². The number of halogens is 1. The number of nitrogens with two attached hydrogens (primary N) is 1. The van der Waals surface area contributed by atoms with Crippen molar-refractivity contribution in [1.82, 2.24) is 5.32 Å². The average Bonchev–Trinajstić information content (AvgIpc) is 3.09. The fourth-order valence-corrected chi connectivity index (χ4v) is 4.39. The number of carbonyl (C=O) groups excluding carboxylic acids is 3. The molecule has 3 amide bonds. The maximum atomic E-state index is 13.6. The summed E-state index contributed by atoms with van der Waals surface area (Å²) in [4.78, 5) is 38.2. The van der Waals surface area contributed by atoms with E-state index in [4.69, 9.17) is 22.1 Å². The minimum absolute atomic E-state index is 0.130.